The Hall–Kier alpha value is -2.77. The number of nitrogens with one attached hydrogen (secondary N) is 1. The van der Waals surface area contributed by atoms with Crippen LogP contribution in [0, 0.1) is 5.82 Å². The largest absolute Gasteiger partial charge is 0.573 e. The fraction of sp³-hybridized carbons (Fsp3) is 0.235. The molecule has 2 rings (SSSR count). The molecule has 0 saturated carbocycles. The van der Waals surface area contributed by atoms with Crippen LogP contribution in [-0.4, -0.2) is 18.4 Å². The third-order valence-corrected chi connectivity index (χ3v) is 3.11. The van der Waals surface area contributed by atoms with Crippen molar-refractivity contribution in [3.63, 3.8) is 0 Å². The number of hydrogen-bond donors (Lipinski definition) is 1. The number of ether oxygens (including phenoxy) is 2. The summed E-state index contributed by atoms with van der Waals surface area (Å²) in [4.78, 5) is 12.2. The highest BCUT2D eigenvalue weighted by atomic mass is 19.4. The lowest BCUT2D eigenvalue weighted by atomic mass is 10.2. The molecular formula is C17H15F4NO3. The van der Waals surface area contributed by atoms with Crippen LogP contribution in [0.25, 0.3) is 0 Å². The number of benzene rings is 2. The molecule has 0 aliphatic carbocycles. The van der Waals surface area contributed by atoms with Gasteiger partial charge in [0.15, 0.2) is 6.10 Å². The first-order chi connectivity index (χ1) is 11.8. The zero-order valence-corrected chi connectivity index (χ0v) is 13.1. The lowest BCUT2D eigenvalue weighted by Crippen LogP contribution is -2.32. The highest BCUT2D eigenvalue weighted by molar-refractivity contribution is 5.94. The third kappa shape index (κ3) is 5.98. The number of halogens is 4. The average Bonchev–Trinajstić information content (AvgIpc) is 2.54. The SMILES string of the molecule is CC[C@@H](Oc1ccc(F)cc1)C(=O)Nc1ccc(OC(F)(F)F)cc1. The van der Waals surface area contributed by atoms with Gasteiger partial charge in [0.2, 0.25) is 0 Å². The van der Waals surface area contributed by atoms with Crippen LogP contribution in [0.4, 0.5) is 23.2 Å². The molecule has 0 spiro atoms. The van der Waals surface area contributed by atoms with Gasteiger partial charge in [-0.3, -0.25) is 4.79 Å². The molecule has 0 unspecified atom stereocenters. The van der Waals surface area contributed by atoms with E-state index in [1.54, 1.807) is 6.92 Å². The molecule has 8 heteroatoms. The molecule has 1 atom stereocenters. The molecular weight excluding hydrogens is 342 g/mol. The maximum atomic E-state index is 12.9. The monoisotopic (exact) mass is 357 g/mol. The summed E-state index contributed by atoms with van der Waals surface area (Å²) in [7, 11) is 0. The summed E-state index contributed by atoms with van der Waals surface area (Å²) in [5.41, 5.74) is 0.292. The normalized spacial score (nSPS) is 12.4. The van der Waals surface area contributed by atoms with E-state index in [1.165, 1.54) is 36.4 Å². The van der Waals surface area contributed by atoms with Crippen molar-refractivity contribution >= 4 is 11.6 Å². The van der Waals surface area contributed by atoms with Crippen molar-refractivity contribution in [2.24, 2.45) is 0 Å². The van der Waals surface area contributed by atoms with Gasteiger partial charge in [-0.05, 0) is 55.0 Å². The van der Waals surface area contributed by atoms with E-state index in [2.05, 4.69) is 10.1 Å². The minimum atomic E-state index is -4.78. The topological polar surface area (TPSA) is 47.6 Å². The van der Waals surface area contributed by atoms with E-state index in [9.17, 15) is 22.4 Å². The molecule has 0 saturated heterocycles. The van der Waals surface area contributed by atoms with Gasteiger partial charge in [0.25, 0.3) is 5.91 Å². The fourth-order valence-electron chi connectivity index (χ4n) is 1.96. The minimum absolute atomic E-state index is 0.292. The molecule has 1 N–H and O–H groups in total. The third-order valence-electron chi connectivity index (χ3n) is 3.11. The van der Waals surface area contributed by atoms with Gasteiger partial charge >= 0.3 is 6.36 Å². The quantitative estimate of drug-likeness (QED) is 0.774. The Morgan fingerprint density at radius 1 is 1.04 bits per heavy atom. The lowest BCUT2D eigenvalue weighted by molar-refractivity contribution is -0.274. The molecule has 0 radical (unpaired) electrons. The van der Waals surface area contributed by atoms with Crippen molar-refractivity contribution in [2.45, 2.75) is 25.8 Å². The summed E-state index contributed by atoms with van der Waals surface area (Å²) < 4.78 is 58.4. The maximum absolute atomic E-state index is 12.9. The summed E-state index contributed by atoms with van der Waals surface area (Å²) >= 11 is 0. The number of carbonyl (C=O) groups is 1. The van der Waals surface area contributed by atoms with Crippen LogP contribution in [0.1, 0.15) is 13.3 Å². The van der Waals surface area contributed by atoms with Gasteiger partial charge in [-0.25, -0.2) is 4.39 Å². The molecule has 0 aliphatic heterocycles. The van der Waals surface area contributed by atoms with Crippen LogP contribution in [-0.2, 0) is 4.79 Å². The van der Waals surface area contributed by atoms with Crippen molar-refractivity contribution in [1.82, 2.24) is 0 Å². The maximum Gasteiger partial charge on any atom is 0.573 e. The number of alkyl halides is 3. The predicted octanol–water partition coefficient (Wildman–Crippen LogP) is 4.52. The van der Waals surface area contributed by atoms with Crippen molar-refractivity contribution in [3.05, 3.63) is 54.3 Å². The molecule has 0 aliphatic rings. The Balaban J connectivity index is 1.97. The predicted molar refractivity (Wildman–Crippen MR) is 82.9 cm³/mol. The van der Waals surface area contributed by atoms with E-state index >= 15 is 0 Å². The number of carbonyl (C=O) groups excluding carboxylic acids is 1. The van der Waals surface area contributed by atoms with E-state index in [1.807, 2.05) is 0 Å². The number of rotatable bonds is 6. The van der Waals surface area contributed by atoms with E-state index < -0.39 is 24.2 Å². The fourth-order valence-corrected chi connectivity index (χ4v) is 1.96. The van der Waals surface area contributed by atoms with E-state index in [0.29, 0.717) is 17.9 Å². The highest BCUT2D eigenvalue weighted by Gasteiger charge is 2.31. The van der Waals surface area contributed by atoms with Crippen LogP contribution < -0.4 is 14.8 Å². The van der Waals surface area contributed by atoms with Crippen LogP contribution in [0.3, 0.4) is 0 Å². The standard InChI is InChI=1S/C17H15F4NO3/c1-2-15(24-13-7-3-11(18)4-8-13)16(23)22-12-5-9-14(10-6-12)25-17(19,20)21/h3-10,15H,2H2,1H3,(H,22,23)/t15-/m1/s1. The molecule has 4 nitrogen and oxygen atoms in total. The van der Waals surface area contributed by atoms with Crippen LogP contribution >= 0.6 is 0 Å². The van der Waals surface area contributed by atoms with Gasteiger partial charge in [-0.1, -0.05) is 6.92 Å². The van der Waals surface area contributed by atoms with Gasteiger partial charge in [0.1, 0.15) is 17.3 Å². The van der Waals surface area contributed by atoms with Gasteiger partial charge in [-0.2, -0.15) is 0 Å². The number of anilines is 1. The second-order valence-corrected chi connectivity index (χ2v) is 5.03. The van der Waals surface area contributed by atoms with E-state index in [4.69, 9.17) is 4.74 Å². The first-order valence-corrected chi connectivity index (χ1v) is 7.35. The highest BCUT2D eigenvalue weighted by Crippen LogP contribution is 2.24. The molecule has 1 amide bonds. The van der Waals surface area contributed by atoms with Crippen molar-refractivity contribution in [3.8, 4) is 11.5 Å². The van der Waals surface area contributed by atoms with E-state index in [-0.39, 0.29) is 5.75 Å². The lowest BCUT2D eigenvalue weighted by Gasteiger charge is -2.17. The summed E-state index contributed by atoms with van der Waals surface area (Å²) in [5, 5.41) is 2.54. The number of hydrogen-bond acceptors (Lipinski definition) is 3. The van der Waals surface area contributed by atoms with Gasteiger partial charge < -0.3 is 14.8 Å². The van der Waals surface area contributed by atoms with Crippen molar-refractivity contribution in [1.29, 1.82) is 0 Å². The summed E-state index contributed by atoms with van der Waals surface area (Å²) in [6, 6.07) is 9.95. The van der Waals surface area contributed by atoms with Crippen LogP contribution in [0.5, 0.6) is 11.5 Å². The Kier molecular flexibility index (Phi) is 5.84. The average molecular weight is 357 g/mol. The summed E-state index contributed by atoms with van der Waals surface area (Å²) in [5.74, 6) is -0.959. The Labute approximate surface area is 141 Å². The van der Waals surface area contributed by atoms with Crippen molar-refractivity contribution in [2.75, 3.05) is 5.32 Å². The van der Waals surface area contributed by atoms with Crippen molar-refractivity contribution < 1.29 is 31.8 Å². The van der Waals surface area contributed by atoms with Gasteiger partial charge in [0, 0.05) is 5.69 Å². The molecule has 2 aromatic rings. The van der Waals surface area contributed by atoms with Crippen LogP contribution in [0.2, 0.25) is 0 Å². The van der Waals surface area contributed by atoms with Crippen LogP contribution in [0.15, 0.2) is 48.5 Å². The zero-order valence-electron chi connectivity index (χ0n) is 13.1. The smallest absolute Gasteiger partial charge is 0.481 e. The van der Waals surface area contributed by atoms with Gasteiger partial charge in [0.05, 0.1) is 0 Å². The molecule has 25 heavy (non-hydrogen) atoms. The molecule has 0 fully saturated rings. The first-order valence-electron chi connectivity index (χ1n) is 7.35. The second-order valence-electron chi connectivity index (χ2n) is 5.03. The zero-order chi connectivity index (χ0) is 18.4. The van der Waals surface area contributed by atoms with Gasteiger partial charge in [-0.15, -0.1) is 13.2 Å². The minimum Gasteiger partial charge on any atom is -0.481 e. The first kappa shape index (κ1) is 18.6. The number of amides is 1. The van der Waals surface area contributed by atoms with E-state index in [0.717, 1.165) is 12.1 Å². The molecule has 0 heterocycles. The summed E-state index contributed by atoms with van der Waals surface area (Å²) in [6.45, 7) is 1.73. The Morgan fingerprint density at radius 3 is 2.12 bits per heavy atom. The molecule has 2 aromatic carbocycles. The Bertz CT molecular complexity index is 699. The summed E-state index contributed by atoms with van der Waals surface area (Å²) in [6.07, 6.45) is -5.27. The molecule has 0 aromatic heterocycles. The Morgan fingerprint density at radius 2 is 1.60 bits per heavy atom. The molecule has 0 bridgehead atoms. The second kappa shape index (κ2) is 7.87. The molecule has 134 valence electrons.